The maximum absolute atomic E-state index is 12.2. The fourth-order valence-corrected chi connectivity index (χ4v) is 4.36. The van der Waals surface area contributed by atoms with Crippen molar-refractivity contribution in [3.8, 4) is 0 Å². The Morgan fingerprint density at radius 3 is 2.87 bits per heavy atom. The lowest BCUT2D eigenvalue weighted by Gasteiger charge is -2.06. The van der Waals surface area contributed by atoms with Gasteiger partial charge in [-0.1, -0.05) is 23.9 Å². The van der Waals surface area contributed by atoms with Gasteiger partial charge in [0.1, 0.15) is 5.82 Å². The zero-order valence-corrected chi connectivity index (χ0v) is 17.2. The van der Waals surface area contributed by atoms with Gasteiger partial charge >= 0.3 is 5.76 Å². The highest BCUT2D eigenvalue weighted by Crippen LogP contribution is 2.25. The number of oxazole rings is 1. The summed E-state index contributed by atoms with van der Waals surface area (Å²) in [6, 6.07) is 11.9. The highest BCUT2D eigenvalue weighted by Gasteiger charge is 2.15. The van der Waals surface area contributed by atoms with E-state index in [4.69, 9.17) is 9.40 Å². The van der Waals surface area contributed by atoms with E-state index >= 15 is 0 Å². The van der Waals surface area contributed by atoms with Gasteiger partial charge in [-0.05, 0) is 31.5 Å². The Labute approximate surface area is 178 Å². The van der Waals surface area contributed by atoms with E-state index in [1.807, 2.05) is 31.2 Å². The van der Waals surface area contributed by atoms with Crippen LogP contribution >= 0.6 is 11.8 Å². The van der Waals surface area contributed by atoms with Crippen molar-refractivity contribution in [1.29, 1.82) is 0 Å². The molecule has 0 saturated heterocycles. The molecule has 0 bridgehead atoms. The third-order valence-electron chi connectivity index (χ3n) is 4.87. The quantitative estimate of drug-likeness (QED) is 0.130. The normalized spacial score (nSPS) is 11.6. The summed E-state index contributed by atoms with van der Waals surface area (Å²) in [7, 11) is 0. The maximum atomic E-state index is 12.2. The molecule has 10 nitrogen and oxygen atoms in total. The molecular weight excluding hydrogens is 420 g/mol. The summed E-state index contributed by atoms with van der Waals surface area (Å²) in [4.78, 5) is 32.0. The van der Waals surface area contributed by atoms with Crippen LogP contribution < -0.4 is 5.76 Å². The molecule has 0 unspecified atom stereocenters. The van der Waals surface area contributed by atoms with E-state index in [1.165, 1.54) is 34.5 Å². The van der Waals surface area contributed by atoms with Crippen LogP contribution in [0.3, 0.4) is 0 Å². The van der Waals surface area contributed by atoms with E-state index < -0.39 is 10.7 Å². The van der Waals surface area contributed by atoms with Gasteiger partial charge in [0.15, 0.2) is 16.4 Å². The Bertz CT molecular complexity index is 1520. The Balaban J connectivity index is 1.38. The van der Waals surface area contributed by atoms with Crippen LogP contribution in [0.25, 0.3) is 27.6 Å². The van der Waals surface area contributed by atoms with Crippen LogP contribution in [0.2, 0.25) is 0 Å². The number of aryl methyl sites for hydroxylation is 2. The van der Waals surface area contributed by atoms with Crippen LogP contribution in [0.5, 0.6) is 0 Å². The van der Waals surface area contributed by atoms with Crippen molar-refractivity contribution in [2.24, 2.45) is 0 Å². The van der Waals surface area contributed by atoms with Crippen molar-refractivity contribution in [3.05, 3.63) is 69.0 Å². The predicted octanol–water partition coefficient (Wildman–Crippen LogP) is 3.58. The molecule has 0 fully saturated rings. The van der Waals surface area contributed by atoms with E-state index in [9.17, 15) is 14.9 Å². The second-order valence-electron chi connectivity index (χ2n) is 6.94. The minimum absolute atomic E-state index is 0.0827. The lowest BCUT2D eigenvalue weighted by atomic mass is 10.2. The number of nitro benzene ring substituents is 1. The van der Waals surface area contributed by atoms with Gasteiger partial charge in [-0.3, -0.25) is 14.7 Å². The van der Waals surface area contributed by atoms with Gasteiger partial charge in [0.05, 0.1) is 16.0 Å². The Morgan fingerprint density at radius 2 is 2.03 bits per heavy atom. The van der Waals surface area contributed by atoms with E-state index in [0.29, 0.717) is 40.8 Å². The molecule has 0 spiro atoms. The SMILES string of the molecule is Cc1nc2c3ccccc3nc(SCCCn3c(=O)oc4ccc([N+](=O)[O-])cc43)n2n1. The second-order valence-corrected chi connectivity index (χ2v) is 8.00. The van der Waals surface area contributed by atoms with Crippen molar-refractivity contribution < 1.29 is 9.34 Å². The van der Waals surface area contributed by atoms with Gasteiger partial charge in [0.25, 0.3) is 5.69 Å². The molecule has 156 valence electrons. The summed E-state index contributed by atoms with van der Waals surface area (Å²) in [6.45, 7) is 2.21. The number of non-ortho nitro benzene ring substituents is 1. The number of nitrogens with zero attached hydrogens (tertiary/aromatic N) is 6. The summed E-state index contributed by atoms with van der Waals surface area (Å²) in [5.74, 6) is 0.796. The average Bonchev–Trinajstić information content (AvgIpc) is 3.30. The molecule has 0 aliphatic rings. The first-order valence-electron chi connectivity index (χ1n) is 9.54. The fourth-order valence-electron chi connectivity index (χ4n) is 3.49. The number of nitro groups is 1. The first-order valence-corrected chi connectivity index (χ1v) is 10.5. The first-order chi connectivity index (χ1) is 15.0. The first kappa shape index (κ1) is 19.2. The van der Waals surface area contributed by atoms with E-state index in [2.05, 4.69) is 10.1 Å². The Morgan fingerprint density at radius 1 is 1.19 bits per heavy atom. The number of rotatable bonds is 6. The number of benzene rings is 2. The van der Waals surface area contributed by atoms with E-state index in [1.54, 1.807) is 4.52 Å². The summed E-state index contributed by atoms with van der Waals surface area (Å²) < 4.78 is 8.36. The lowest BCUT2D eigenvalue weighted by molar-refractivity contribution is -0.384. The van der Waals surface area contributed by atoms with Crippen LogP contribution in [-0.4, -0.2) is 34.8 Å². The molecule has 0 radical (unpaired) electrons. The summed E-state index contributed by atoms with van der Waals surface area (Å²) in [6.07, 6.45) is 0.631. The minimum Gasteiger partial charge on any atom is -0.408 e. The zero-order chi connectivity index (χ0) is 21.5. The topological polar surface area (TPSA) is 121 Å². The molecular formula is C20H16N6O4S. The fraction of sp³-hybridized carbons (Fsp3) is 0.200. The molecule has 31 heavy (non-hydrogen) atoms. The molecule has 0 atom stereocenters. The smallest absolute Gasteiger partial charge is 0.408 e. The molecule has 11 heteroatoms. The predicted molar refractivity (Wildman–Crippen MR) is 115 cm³/mol. The molecule has 5 rings (SSSR count). The lowest BCUT2D eigenvalue weighted by Crippen LogP contribution is -2.14. The molecule has 5 aromatic rings. The monoisotopic (exact) mass is 436 g/mol. The van der Waals surface area contributed by atoms with Crippen molar-refractivity contribution in [1.82, 2.24) is 24.1 Å². The maximum Gasteiger partial charge on any atom is 0.419 e. The van der Waals surface area contributed by atoms with Gasteiger partial charge in [0, 0.05) is 29.8 Å². The molecule has 0 amide bonds. The average molecular weight is 436 g/mol. The van der Waals surface area contributed by atoms with Gasteiger partial charge in [0.2, 0.25) is 0 Å². The number of hydrogen-bond donors (Lipinski definition) is 0. The highest BCUT2D eigenvalue weighted by molar-refractivity contribution is 7.99. The van der Waals surface area contributed by atoms with Crippen molar-refractivity contribution in [2.75, 3.05) is 5.75 Å². The number of para-hydroxylation sites is 1. The van der Waals surface area contributed by atoms with Gasteiger partial charge in [-0.15, -0.1) is 5.10 Å². The number of fused-ring (bicyclic) bond motifs is 4. The molecule has 0 N–H and O–H groups in total. The molecule has 3 aromatic heterocycles. The minimum atomic E-state index is -0.529. The van der Waals surface area contributed by atoms with Crippen LogP contribution in [-0.2, 0) is 6.54 Å². The molecule has 2 aromatic carbocycles. The summed E-state index contributed by atoms with van der Waals surface area (Å²) in [5, 5.41) is 17.2. The second kappa shape index (κ2) is 7.51. The van der Waals surface area contributed by atoms with Crippen LogP contribution in [0.15, 0.2) is 56.8 Å². The van der Waals surface area contributed by atoms with Gasteiger partial charge in [-0.2, -0.15) is 4.52 Å². The number of hydrogen-bond acceptors (Lipinski definition) is 8. The van der Waals surface area contributed by atoms with Crippen LogP contribution in [0, 0.1) is 17.0 Å². The Hall–Kier alpha value is -3.73. The van der Waals surface area contributed by atoms with Crippen LogP contribution in [0.1, 0.15) is 12.2 Å². The van der Waals surface area contributed by atoms with Crippen LogP contribution in [0.4, 0.5) is 5.69 Å². The summed E-state index contributed by atoms with van der Waals surface area (Å²) in [5.41, 5.74) is 2.27. The third-order valence-corrected chi connectivity index (χ3v) is 5.89. The third kappa shape index (κ3) is 3.42. The van der Waals surface area contributed by atoms with Crippen molar-refractivity contribution >= 4 is 45.1 Å². The van der Waals surface area contributed by atoms with Crippen molar-refractivity contribution in [2.45, 2.75) is 25.0 Å². The molecule has 0 aliphatic heterocycles. The standard InChI is InChI=1S/C20H16N6O4S/c1-12-21-18-14-5-2-3-6-15(14)22-19(25(18)23-12)31-10-4-9-24-16-11-13(26(28)29)7-8-17(16)30-20(24)27/h2-3,5-8,11H,4,9-10H2,1H3. The van der Waals surface area contributed by atoms with Gasteiger partial charge < -0.3 is 4.42 Å². The molecule has 3 heterocycles. The number of thioether (sulfide) groups is 1. The summed E-state index contributed by atoms with van der Waals surface area (Å²) >= 11 is 1.51. The van der Waals surface area contributed by atoms with E-state index in [-0.39, 0.29) is 5.69 Å². The highest BCUT2D eigenvalue weighted by atomic mass is 32.2. The van der Waals surface area contributed by atoms with Gasteiger partial charge in [-0.25, -0.2) is 14.8 Å². The molecule has 0 saturated carbocycles. The van der Waals surface area contributed by atoms with Crippen molar-refractivity contribution in [3.63, 3.8) is 0 Å². The zero-order valence-electron chi connectivity index (χ0n) is 16.4. The molecule has 0 aliphatic carbocycles. The largest absolute Gasteiger partial charge is 0.419 e. The van der Waals surface area contributed by atoms with E-state index in [0.717, 1.165) is 16.6 Å². The Kier molecular flexibility index (Phi) is 4.66. The number of aromatic nitrogens is 5.